The molecule has 148 heavy (non-hydrogen) atoms. The van der Waals surface area contributed by atoms with Gasteiger partial charge in [-0.2, -0.15) is 0 Å². The van der Waals surface area contributed by atoms with Gasteiger partial charge in [-0.3, -0.25) is 28.8 Å². The Morgan fingerprint density at radius 3 is 0.905 bits per heavy atom. The van der Waals surface area contributed by atoms with Gasteiger partial charge in [-0.15, -0.1) is 0 Å². The van der Waals surface area contributed by atoms with E-state index < -0.39 is 461 Å². The number of carboxylic acid groups (broad SMARTS) is 5. The average molecular weight is 2160 g/mol. The minimum Gasteiger partial charge on any atom is -0.477 e. The van der Waals surface area contributed by atoms with Crippen molar-refractivity contribution in [3.05, 3.63) is 0 Å². The molecule has 67 heteroatoms. The largest absolute Gasteiger partial charge is 0.477 e. The molecule has 67 nitrogen and oxygen atoms in total. The van der Waals surface area contributed by atoms with Crippen LogP contribution >= 0.6 is 0 Å². The molecule has 1 unspecified atom stereocenters. The van der Waals surface area contributed by atoms with Crippen LogP contribution in [0.2, 0.25) is 0 Å². The van der Waals surface area contributed by atoms with Gasteiger partial charge in [0.25, 0.3) is 28.9 Å². The second-order valence-corrected chi connectivity index (χ2v) is 36.8. The molecule has 0 radical (unpaired) electrons. The van der Waals surface area contributed by atoms with Crippen LogP contribution < -0.4 is 31.9 Å². The third-order valence-corrected chi connectivity index (χ3v) is 26.1. The molecule has 9 rings (SSSR count). The summed E-state index contributed by atoms with van der Waals surface area (Å²) in [6, 6.07) is -13.0. The Bertz CT molecular complexity index is 4450. The van der Waals surface area contributed by atoms with Gasteiger partial charge in [0.15, 0.2) is 25.2 Å². The molecule has 850 valence electrons. The van der Waals surface area contributed by atoms with Crippen molar-refractivity contribution in [1.29, 1.82) is 0 Å². The molecule has 0 spiro atoms. The van der Waals surface area contributed by atoms with E-state index in [4.69, 9.17) is 80.5 Å². The molecule has 0 saturated carbocycles. The van der Waals surface area contributed by atoms with Crippen LogP contribution in [0.15, 0.2) is 0 Å². The van der Waals surface area contributed by atoms with E-state index in [1.54, 1.807) is 0 Å². The van der Waals surface area contributed by atoms with Crippen LogP contribution in [0.1, 0.15) is 73.6 Å². The summed E-state index contributed by atoms with van der Waals surface area (Å²) in [5.41, 5.74) is 0. The van der Waals surface area contributed by atoms with E-state index in [1.165, 1.54) is 0 Å². The normalized spacial score (nSPS) is 41.9. The maximum absolute atomic E-state index is 14.8. The topological polar surface area (TPSA) is 1080 Å². The molecule has 0 aromatic carbocycles. The lowest BCUT2D eigenvalue weighted by Gasteiger charge is -2.53. The lowest BCUT2D eigenvalue weighted by Crippen LogP contribution is -2.73. The van der Waals surface area contributed by atoms with Gasteiger partial charge in [0.2, 0.25) is 35.4 Å². The maximum atomic E-state index is 14.8. The number of rotatable bonds is 46. The zero-order valence-corrected chi connectivity index (χ0v) is 79.1. The molecule has 0 aliphatic carbocycles. The van der Waals surface area contributed by atoms with Crippen molar-refractivity contribution in [2.75, 3.05) is 59.5 Å². The van der Waals surface area contributed by atoms with E-state index in [0.29, 0.717) is 13.8 Å². The number of hydrogen-bond donors (Lipinski definition) is 39. The number of aliphatic hydroxyl groups excluding tert-OH is 28. The van der Waals surface area contributed by atoms with Gasteiger partial charge in [0.05, 0.1) is 120 Å². The molecule has 9 aliphatic rings. The van der Waals surface area contributed by atoms with Crippen molar-refractivity contribution in [3.63, 3.8) is 0 Å². The smallest absolute Gasteiger partial charge is 0.364 e. The Labute approximate surface area is 833 Å². The SMILES string of the molecule is CC(=O)N[C@H]1[C@H](O[C@@H]2[C@H](O[C@]3(C(=O)O)C[C@H](O)[C@@H](NC(C)=O)[C@H]([C@H](O)[C@@H](CO)O[C@]4(C(=O)O)C[C@H](O)[C@@H](NC(C)=O)[C@H]([C@H](O)[C@@H](CO)O[C@]5(C(=O)O)C[C@H](O)[C@@H](NC(C)=O)[C@H]([C@H](O)[C@H](O)CO)O5)O4)O3)[C@@H](O)[C@H](O[C@H]3[C@H](O)[C@@H](O)C(O)O[C@@H]3CO)O[C@@H]2CO)O[C@H](CO[C@]2(C(=O)O)C[C@H](O)[C@@H](NC(C)=O)[C@H]([C@H](O)[C@H](O)CO)O2)[C@H](O)[C@@H]1O[C@@H]1O[C@H](CO)[C@H](O)[C@H](O[C@]2(C(=O)O)C[C@H](O)[C@@H](NC(C)=O)[C@H]([C@H](O)[C@H](O)CO)O2)[C@H]1O. The molecular weight excluding hydrogens is 2030 g/mol. The molecule has 9 fully saturated rings. The highest BCUT2D eigenvalue weighted by Crippen LogP contribution is 2.47. The van der Waals surface area contributed by atoms with Crippen LogP contribution in [0.4, 0.5) is 0 Å². The number of carbonyl (C=O) groups is 11. The van der Waals surface area contributed by atoms with Crippen molar-refractivity contribution in [2.45, 2.75) is 378 Å². The second kappa shape index (κ2) is 51.6. The van der Waals surface area contributed by atoms with Crippen LogP contribution in [-0.4, -0.2) is 597 Å². The fraction of sp³-hybridized carbons (Fsp3) is 0.864. The Kier molecular flexibility index (Phi) is 43.2. The summed E-state index contributed by atoms with van der Waals surface area (Å²) in [5, 5.41) is 387. The van der Waals surface area contributed by atoms with E-state index in [-0.39, 0.29) is 0 Å². The van der Waals surface area contributed by atoms with Crippen molar-refractivity contribution >= 4 is 65.3 Å². The Balaban J connectivity index is 1.18. The molecule has 0 aromatic rings. The zero-order chi connectivity index (χ0) is 111. The van der Waals surface area contributed by atoms with E-state index in [9.17, 15) is 221 Å². The molecule has 9 aliphatic heterocycles. The molecule has 6 amide bonds. The van der Waals surface area contributed by atoms with E-state index in [1.807, 2.05) is 0 Å². The summed E-state index contributed by atoms with van der Waals surface area (Å²) in [6.45, 7) is -8.98. The molecule has 9 heterocycles. The Morgan fingerprint density at radius 1 is 0.291 bits per heavy atom. The standard InChI is InChI=1S/C81H130N6O61/c1-21(96)82-41-27(102)7-77(72(122)123,142-61(41)47(110)32(107)12-88)132-20-40-53(116)60(139-70-56(119)66(50(113)35(15-91)134-70)147-80(75(128)129)10-30(105)43(84-23(3)98)63(144-80)49(112)34(109)14-90)46(87-26(6)101)69(136-40)138-59-39(19-95)135-71(137-58-38(18-94)133-68(121)55(118)54(58)117)57(120)67(59)148-81(76(130)131)11-31(106)45(86-25(5)100)65(146-81)52(115)37(17-93)141-79(74(126)127)9-29(104)44(85-24(4)99)64(145-79)51(114)36(16-92)140-78(73(124)125)8-28(103)42(83-22(2)97)62(143-78)48(111)33(108)13-89/h27-71,88-95,102-121H,7-20H2,1-6H3,(H,82,96)(H,83,97)(H,84,98)(H,85,99)(H,86,100)(H,87,101)(H,122,123)(H,124,125)(H,126,127)(H,128,129)(H,130,131)/t27-,28-,29-,30-,31-,32+,33+,34+,35+,36+,37+,38+,39+,40+,41+,42+,43+,44+,45+,46+,47+,48+,49+,50-,51+,52+,53-,54+,55+,56+,57+,58+,59-,60+,61+,62+,63+,64+,65+,66-,67+,68?,69-,70-,71-,77+,78+,79+,80-,81-/m0/s1. The van der Waals surface area contributed by atoms with Crippen molar-refractivity contribution in [1.82, 2.24) is 31.9 Å². The van der Waals surface area contributed by atoms with Crippen LogP contribution in [0.25, 0.3) is 0 Å². The first-order valence-corrected chi connectivity index (χ1v) is 45.8. The Hall–Kier alpha value is -7.63. The molecular formula is C81H130N6O61. The highest BCUT2D eigenvalue weighted by molar-refractivity contribution is 5.80. The summed E-state index contributed by atoms with van der Waals surface area (Å²) >= 11 is 0. The monoisotopic (exact) mass is 2160 g/mol. The average Bonchev–Trinajstić information content (AvgIpc) is 0.747. The predicted octanol–water partition coefficient (Wildman–Crippen LogP) is -23.7. The lowest BCUT2D eigenvalue weighted by atomic mass is 9.86. The van der Waals surface area contributed by atoms with Crippen LogP contribution in [0.5, 0.6) is 0 Å². The predicted molar refractivity (Wildman–Crippen MR) is 453 cm³/mol. The number of aliphatic carboxylic acids is 5. The third-order valence-electron chi connectivity index (χ3n) is 26.1. The highest BCUT2D eigenvalue weighted by atomic mass is 16.8. The van der Waals surface area contributed by atoms with Gasteiger partial charge < -0.3 is 281 Å². The molecule has 0 bridgehead atoms. The fourth-order valence-corrected chi connectivity index (χ4v) is 18.8. The molecule has 50 atom stereocenters. The van der Waals surface area contributed by atoms with Gasteiger partial charge >= 0.3 is 29.8 Å². The van der Waals surface area contributed by atoms with Gasteiger partial charge in [0.1, 0.15) is 189 Å². The molecule has 9 saturated heterocycles. The van der Waals surface area contributed by atoms with Crippen molar-refractivity contribution < 1.29 is 302 Å². The number of carboxylic acids is 5. The first kappa shape index (κ1) is 124. The summed E-state index contributed by atoms with van der Waals surface area (Å²) < 4.78 is 100. The third kappa shape index (κ3) is 27.1. The highest BCUT2D eigenvalue weighted by Gasteiger charge is 2.69. The summed E-state index contributed by atoms with van der Waals surface area (Å²) in [7, 11) is 0. The first-order valence-electron chi connectivity index (χ1n) is 45.8. The van der Waals surface area contributed by atoms with Crippen molar-refractivity contribution in [3.8, 4) is 0 Å². The zero-order valence-electron chi connectivity index (χ0n) is 79.1. The fourth-order valence-electron chi connectivity index (χ4n) is 18.8. The molecule has 39 N–H and O–H groups in total. The Morgan fingerprint density at radius 2 is 0.568 bits per heavy atom. The second-order valence-electron chi connectivity index (χ2n) is 36.8. The minimum atomic E-state index is -4.06. The first-order chi connectivity index (χ1) is 69.2. The van der Waals surface area contributed by atoms with Gasteiger partial charge in [-0.25, -0.2) is 24.0 Å². The number of nitrogens with one attached hydrogen (secondary N) is 6. The number of carbonyl (C=O) groups excluding carboxylic acids is 6. The van der Waals surface area contributed by atoms with Crippen LogP contribution in [0, 0.1) is 0 Å². The maximum Gasteiger partial charge on any atom is 0.364 e. The summed E-state index contributed by atoms with van der Waals surface area (Å²) in [5.74, 6) is -37.3. The summed E-state index contributed by atoms with van der Waals surface area (Å²) in [4.78, 5) is 147. The summed E-state index contributed by atoms with van der Waals surface area (Å²) in [6.07, 6.45) is -109. The quantitative estimate of drug-likeness (QED) is 0.0269. The van der Waals surface area contributed by atoms with Crippen LogP contribution in [-0.2, 0) is 133 Å². The number of hydrogen-bond acceptors (Lipinski definition) is 56. The number of amides is 6. The van der Waals surface area contributed by atoms with E-state index in [0.717, 1.165) is 27.7 Å². The van der Waals surface area contributed by atoms with Crippen LogP contribution in [0.3, 0.4) is 0 Å². The minimum absolute atomic E-state index is 0.671. The van der Waals surface area contributed by atoms with Gasteiger partial charge in [0, 0.05) is 73.6 Å². The van der Waals surface area contributed by atoms with Gasteiger partial charge in [-0.05, 0) is 0 Å². The van der Waals surface area contributed by atoms with Gasteiger partial charge in [-0.1, -0.05) is 0 Å². The van der Waals surface area contributed by atoms with E-state index >= 15 is 0 Å². The number of ether oxygens (including phenoxy) is 17. The number of aliphatic hydroxyl groups is 28. The van der Waals surface area contributed by atoms with E-state index in [2.05, 4.69) is 31.9 Å². The van der Waals surface area contributed by atoms with Crippen molar-refractivity contribution in [2.24, 2.45) is 0 Å². The lowest BCUT2D eigenvalue weighted by molar-refractivity contribution is -0.406. The molecule has 0 aromatic heterocycles.